The number of nitrogens with zero attached hydrogens (tertiary/aromatic N) is 2. The summed E-state index contributed by atoms with van der Waals surface area (Å²) in [4.78, 5) is 38.5. The standard InChI is InChI=1S/C19H22F2N6O5S/c20-13-5-1-6-14(21)17(13)33(31,32)26-15-7-3-9-27(18(15)30)10-16(29)25-12(11-28)4-2-8-24-19(22)23/h1,3,5-7,9,11-12,26H,2,4,8,10H2,(H,25,29)(H4,22,23,24)/t12-/m0/s1. The number of carbonyl (C=O) groups is 2. The molecule has 1 aromatic heterocycles. The minimum absolute atomic E-state index is 0.102. The minimum atomic E-state index is -4.77. The van der Waals surface area contributed by atoms with Gasteiger partial charge < -0.3 is 26.1 Å². The first-order valence-electron chi connectivity index (χ1n) is 9.51. The smallest absolute Gasteiger partial charge is 0.275 e. The second kappa shape index (κ2) is 11.2. The van der Waals surface area contributed by atoms with E-state index in [0.717, 1.165) is 28.8 Å². The number of sulfonamides is 1. The molecule has 0 saturated heterocycles. The third-order valence-electron chi connectivity index (χ3n) is 4.24. The molecule has 178 valence electrons. The Labute approximate surface area is 187 Å². The van der Waals surface area contributed by atoms with Gasteiger partial charge in [0.1, 0.15) is 30.2 Å². The lowest BCUT2D eigenvalue weighted by molar-refractivity contribution is -0.124. The molecule has 2 aromatic rings. The van der Waals surface area contributed by atoms with Crippen molar-refractivity contribution in [3.05, 3.63) is 58.5 Å². The number of aldehydes is 1. The van der Waals surface area contributed by atoms with Gasteiger partial charge in [-0.2, -0.15) is 0 Å². The highest BCUT2D eigenvalue weighted by Gasteiger charge is 2.25. The largest absolute Gasteiger partial charge is 0.370 e. The Bertz CT molecular complexity index is 1190. The van der Waals surface area contributed by atoms with Gasteiger partial charge in [-0.15, -0.1) is 0 Å². The molecule has 33 heavy (non-hydrogen) atoms. The first kappa shape index (κ1) is 25.5. The van der Waals surface area contributed by atoms with Crippen LogP contribution in [0.1, 0.15) is 12.8 Å². The van der Waals surface area contributed by atoms with Crippen molar-refractivity contribution in [1.82, 2.24) is 9.88 Å². The van der Waals surface area contributed by atoms with Crippen molar-refractivity contribution >= 4 is 33.9 Å². The fourth-order valence-corrected chi connectivity index (χ4v) is 3.97. The van der Waals surface area contributed by atoms with Gasteiger partial charge in [0.25, 0.3) is 15.6 Å². The molecule has 0 aliphatic carbocycles. The number of pyridine rings is 1. The predicted molar refractivity (Wildman–Crippen MR) is 116 cm³/mol. The van der Waals surface area contributed by atoms with Crippen LogP contribution < -0.4 is 27.1 Å². The Kier molecular flexibility index (Phi) is 8.62. The van der Waals surface area contributed by atoms with E-state index in [2.05, 4.69) is 10.3 Å². The van der Waals surface area contributed by atoms with Crippen LogP contribution in [0.25, 0.3) is 0 Å². The van der Waals surface area contributed by atoms with E-state index in [1.165, 1.54) is 12.3 Å². The first-order valence-corrected chi connectivity index (χ1v) is 11.0. The molecule has 1 heterocycles. The van der Waals surface area contributed by atoms with Crippen LogP contribution in [0.2, 0.25) is 0 Å². The van der Waals surface area contributed by atoms with Crippen LogP contribution in [0.3, 0.4) is 0 Å². The number of halogens is 2. The van der Waals surface area contributed by atoms with Crippen LogP contribution in [-0.4, -0.2) is 43.7 Å². The third-order valence-corrected chi connectivity index (χ3v) is 5.66. The number of carbonyl (C=O) groups excluding carboxylic acids is 2. The summed E-state index contributed by atoms with van der Waals surface area (Å²) < 4.78 is 55.2. The number of rotatable bonds is 11. The summed E-state index contributed by atoms with van der Waals surface area (Å²) in [6, 6.07) is 3.98. The molecular weight excluding hydrogens is 462 g/mol. The van der Waals surface area contributed by atoms with Crippen LogP contribution in [-0.2, 0) is 26.2 Å². The Morgan fingerprint density at radius 1 is 1.18 bits per heavy atom. The Balaban J connectivity index is 2.12. The Hall–Kier alpha value is -3.81. The number of benzene rings is 1. The number of aliphatic imine (C=N–C) groups is 1. The van der Waals surface area contributed by atoms with Gasteiger partial charge in [0, 0.05) is 12.7 Å². The maximum Gasteiger partial charge on any atom is 0.275 e. The topological polar surface area (TPSA) is 179 Å². The van der Waals surface area contributed by atoms with Crippen molar-refractivity contribution in [3.63, 3.8) is 0 Å². The van der Waals surface area contributed by atoms with Gasteiger partial charge in [0.2, 0.25) is 5.91 Å². The van der Waals surface area contributed by atoms with Crippen molar-refractivity contribution in [2.45, 2.75) is 30.3 Å². The molecule has 0 radical (unpaired) electrons. The van der Waals surface area contributed by atoms with E-state index in [9.17, 15) is 31.6 Å². The van der Waals surface area contributed by atoms with Crippen molar-refractivity contribution in [3.8, 4) is 0 Å². The van der Waals surface area contributed by atoms with Crippen LogP contribution in [0.4, 0.5) is 14.5 Å². The molecule has 14 heteroatoms. The average Bonchev–Trinajstić information content (AvgIpc) is 2.72. The zero-order chi connectivity index (χ0) is 24.6. The number of amides is 1. The molecule has 0 saturated carbocycles. The summed E-state index contributed by atoms with van der Waals surface area (Å²) >= 11 is 0. The molecule has 1 amide bonds. The SMILES string of the molecule is NC(N)=NCCC[C@@H](C=O)NC(=O)Cn1cccc(NS(=O)(=O)c2c(F)cccc2F)c1=O. The molecule has 1 atom stereocenters. The summed E-state index contributed by atoms with van der Waals surface area (Å²) in [5, 5.41) is 2.42. The van der Waals surface area contributed by atoms with Gasteiger partial charge in [-0.1, -0.05) is 6.07 Å². The van der Waals surface area contributed by atoms with Gasteiger partial charge in [-0.05, 0) is 37.1 Å². The Morgan fingerprint density at radius 3 is 2.45 bits per heavy atom. The van der Waals surface area contributed by atoms with E-state index in [4.69, 9.17) is 11.5 Å². The molecule has 0 spiro atoms. The highest BCUT2D eigenvalue weighted by Crippen LogP contribution is 2.20. The number of anilines is 1. The molecule has 0 aliphatic rings. The summed E-state index contributed by atoms with van der Waals surface area (Å²) in [6.45, 7) is -0.284. The lowest BCUT2D eigenvalue weighted by Crippen LogP contribution is -2.40. The summed E-state index contributed by atoms with van der Waals surface area (Å²) in [5.41, 5.74) is 8.92. The molecular formula is C19H22F2N6O5S. The fraction of sp³-hybridized carbons (Fsp3) is 0.263. The van der Waals surface area contributed by atoms with Crippen LogP contribution in [0, 0.1) is 11.6 Å². The number of nitrogens with two attached hydrogens (primary N) is 2. The maximum absolute atomic E-state index is 13.9. The molecule has 11 nitrogen and oxygen atoms in total. The van der Waals surface area contributed by atoms with Gasteiger partial charge in [0.05, 0.1) is 6.04 Å². The monoisotopic (exact) mass is 484 g/mol. The highest BCUT2D eigenvalue weighted by molar-refractivity contribution is 7.92. The van der Waals surface area contributed by atoms with Crippen molar-refractivity contribution in [2.24, 2.45) is 16.5 Å². The normalized spacial score (nSPS) is 11.9. The van der Waals surface area contributed by atoms with Crippen molar-refractivity contribution in [1.29, 1.82) is 0 Å². The summed E-state index contributed by atoms with van der Waals surface area (Å²) in [6.07, 6.45) is 2.38. The van der Waals surface area contributed by atoms with E-state index >= 15 is 0 Å². The van der Waals surface area contributed by atoms with Crippen molar-refractivity contribution < 1.29 is 26.8 Å². The maximum atomic E-state index is 13.9. The fourth-order valence-electron chi connectivity index (χ4n) is 2.77. The van der Waals surface area contributed by atoms with Crippen LogP contribution in [0.15, 0.2) is 51.2 Å². The molecule has 0 unspecified atom stereocenters. The minimum Gasteiger partial charge on any atom is -0.370 e. The van der Waals surface area contributed by atoms with Crippen LogP contribution >= 0.6 is 0 Å². The molecule has 2 rings (SSSR count). The number of hydrogen-bond donors (Lipinski definition) is 4. The highest BCUT2D eigenvalue weighted by atomic mass is 32.2. The molecule has 0 bridgehead atoms. The quantitative estimate of drug-likeness (QED) is 0.146. The lowest BCUT2D eigenvalue weighted by Gasteiger charge is -2.14. The van der Waals surface area contributed by atoms with E-state index in [1.54, 1.807) is 0 Å². The van der Waals surface area contributed by atoms with Gasteiger partial charge in [0.15, 0.2) is 10.9 Å². The summed E-state index contributed by atoms with van der Waals surface area (Å²) in [5.74, 6) is -3.47. The third kappa shape index (κ3) is 7.10. The average molecular weight is 484 g/mol. The molecule has 6 N–H and O–H groups in total. The van der Waals surface area contributed by atoms with Crippen LogP contribution in [0.5, 0.6) is 0 Å². The van der Waals surface area contributed by atoms with E-state index in [1.807, 2.05) is 4.72 Å². The molecule has 1 aromatic carbocycles. The Morgan fingerprint density at radius 2 is 1.85 bits per heavy atom. The van der Waals surface area contributed by atoms with E-state index < -0.39 is 56.3 Å². The number of nitrogens with one attached hydrogen (secondary N) is 2. The van der Waals surface area contributed by atoms with Gasteiger partial charge in [-0.3, -0.25) is 19.3 Å². The second-order valence-electron chi connectivity index (χ2n) is 6.77. The van der Waals surface area contributed by atoms with Gasteiger partial charge >= 0.3 is 0 Å². The van der Waals surface area contributed by atoms with Gasteiger partial charge in [-0.25, -0.2) is 17.2 Å². The zero-order valence-corrected chi connectivity index (χ0v) is 18.0. The first-order chi connectivity index (χ1) is 15.5. The van der Waals surface area contributed by atoms with E-state index in [0.29, 0.717) is 12.7 Å². The van der Waals surface area contributed by atoms with Crippen molar-refractivity contribution in [2.75, 3.05) is 11.3 Å². The summed E-state index contributed by atoms with van der Waals surface area (Å²) in [7, 11) is -4.77. The number of aromatic nitrogens is 1. The zero-order valence-electron chi connectivity index (χ0n) is 17.2. The number of hydrogen-bond acceptors (Lipinski definition) is 6. The molecule has 0 fully saturated rings. The number of guanidine groups is 1. The van der Waals surface area contributed by atoms with E-state index in [-0.39, 0.29) is 18.9 Å². The second-order valence-corrected chi connectivity index (χ2v) is 8.39. The predicted octanol–water partition coefficient (Wildman–Crippen LogP) is -0.335. The lowest BCUT2D eigenvalue weighted by atomic mass is 10.2. The molecule has 0 aliphatic heterocycles.